The van der Waals surface area contributed by atoms with Crippen molar-refractivity contribution in [1.82, 2.24) is 9.88 Å². The number of piperidine rings is 1. The van der Waals surface area contributed by atoms with Gasteiger partial charge in [0.2, 0.25) is 0 Å². The summed E-state index contributed by atoms with van der Waals surface area (Å²) in [7, 11) is 0. The first-order valence-corrected chi connectivity index (χ1v) is 8.24. The van der Waals surface area contributed by atoms with E-state index in [0.717, 1.165) is 45.7 Å². The van der Waals surface area contributed by atoms with Crippen LogP contribution in [0.15, 0.2) is 37.2 Å². The summed E-state index contributed by atoms with van der Waals surface area (Å²) in [4.78, 5) is 6.64. The summed E-state index contributed by atoms with van der Waals surface area (Å²) in [6.45, 7) is 9.17. The number of likely N-dealkylation sites (tertiary alicyclic amines) is 1. The summed E-state index contributed by atoms with van der Waals surface area (Å²) >= 11 is 0. The Bertz CT molecular complexity index is 479. The summed E-state index contributed by atoms with van der Waals surface area (Å²) in [5.74, 6) is 0. The van der Waals surface area contributed by atoms with Gasteiger partial charge in [-0.3, -0.25) is 9.88 Å². The Kier molecular flexibility index (Phi) is 5.24. The molecule has 0 amide bonds. The lowest BCUT2D eigenvalue weighted by Crippen LogP contribution is -2.56. The Morgan fingerprint density at radius 1 is 1.45 bits per heavy atom. The van der Waals surface area contributed by atoms with Gasteiger partial charge in [0.15, 0.2) is 0 Å². The maximum absolute atomic E-state index is 6.07. The molecule has 120 valence electrons. The third-order valence-electron chi connectivity index (χ3n) is 4.85. The highest BCUT2D eigenvalue weighted by Gasteiger charge is 2.45. The van der Waals surface area contributed by atoms with E-state index in [0.29, 0.717) is 12.7 Å². The van der Waals surface area contributed by atoms with Crippen LogP contribution in [-0.2, 0) is 16.0 Å². The van der Waals surface area contributed by atoms with Crippen molar-refractivity contribution >= 4 is 0 Å². The summed E-state index contributed by atoms with van der Waals surface area (Å²) in [6, 6.07) is 4.20. The number of hydrogen-bond donors (Lipinski definition) is 0. The molecule has 2 fully saturated rings. The second-order valence-corrected chi connectivity index (χ2v) is 6.48. The molecule has 2 saturated heterocycles. The first kappa shape index (κ1) is 15.7. The van der Waals surface area contributed by atoms with E-state index in [4.69, 9.17) is 9.47 Å². The SMILES string of the molecule is C=CCOC[C@]12CCCO[C@@H]1CCN(Cc1ccncc1)C2. The minimum atomic E-state index is 0.145. The first-order valence-electron chi connectivity index (χ1n) is 8.24. The van der Waals surface area contributed by atoms with Crippen LogP contribution in [0.25, 0.3) is 0 Å². The molecule has 1 aromatic heterocycles. The van der Waals surface area contributed by atoms with Crippen LogP contribution in [0.2, 0.25) is 0 Å². The number of rotatable bonds is 6. The van der Waals surface area contributed by atoms with Crippen molar-refractivity contribution in [3.8, 4) is 0 Å². The number of ether oxygens (including phenoxy) is 2. The van der Waals surface area contributed by atoms with Crippen LogP contribution in [0.5, 0.6) is 0 Å². The molecule has 3 heterocycles. The second-order valence-electron chi connectivity index (χ2n) is 6.48. The maximum Gasteiger partial charge on any atom is 0.0677 e. The van der Waals surface area contributed by atoms with Gasteiger partial charge in [-0.05, 0) is 37.0 Å². The highest BCUT2D eigenvalue weighted by molar-refractivity contribution is 5.10. The molecule has 22 heavy (non-hydrogen) atoms. The number of pyridine rings is 1. The van der Waals surface area contributed by atoms with Crippen molar-refractivity contribution in [2.75, 3.05) is 32.9 Å². The summed E-state index contributed by atoms with van der Waals surface area (Å²) in [6.07, 6.45) is 9.34. The Morgan fingerprint density at radius 2 is 2.32 bits per heavy atom. The van der Waals surface area contributed by atoms with Crippen molar-refractivity contribution < 1.29 is 9.47 Å². The molecule has 1 aromatic rings. The summed E-state index contributed by atoms with van der Waals surface area (Å²) in [5, 5.41) is 0. The first-order chi connectivity index (χ1) is 10.8. The smallest absolute Gasteiger partial charge is 0.0677 e. The van der Waals surface area contributed by atoms with Crippen molar-refractivity contribution in [3.05, 3.63) is 42.7 Å². The van der Waals surface area contributed by atoms with Crippen LogP contribution in [0, 0.1) is 5.41 Å². The van der Waals surface area contributed by atoms with E-state index in [9.17, 15) is 0 Å². The maximum atomic E-state index is 6.07. The minimum absolute atomic E-state index is 0.145. The Hall–Kier alpha value is -1.23. The van der Waals surface area contributed by atoms with Gasteiger partial charge in [0.1, 0.15) is 0 Å². The molecule has 0 saturated carbocycles. The van der Waals surface area contributed by atoms with Crippen LogP contribution in [0.3, 0.4) is 0 Å². The Labute approximate surface area is 133 Å². The molecular weight excluding hydrogens is 276 g/mol. The molecule has 2 atom stereocenters. The van der Waals surface area contributed by atoms with Crippen molar-refractivity contribution in [2.24, 2.45) is 5.41 Å². The van der Waals surface area contributed by atoms with E-state index in [-0.39, 0.29) is 5.41 Å². The summed E-state index contributed by atoms with van der Waals surface area (Å²) in [5.41, 5.74) is 1.47. The zero-order valence-corrected chi connectivity index (χ0v) is 13.2. The van der Waals surface area contributed by atoms with Crippen LogP contribution >= 0.6 is 0 Å². The van der Waals surface area contributed by atoms with E-state index in [1.54, 1.807) is 0 Å². The topological polar surface area (TPSA) is 34.6 Å². The van der Waals surface area contributed by atoms with Crippen molar-refractivity contribution in [3.63, 3.8) is 0 Å². The number of fused-ring (bicyclic) bond motifs is 1. The van der Waals surface area contributed by atoms with Crippen molar-refractivity contribution in [2.45, 2.75) is 31.9 Å². The van der Waals surface area contributed by atoms with Gasteiger partial charge in [0, 0.05) is 44.0 Å². The van der Waals surface area contributed by atoms with E-state index in [1.165, 1.54) is 12.0 Å². The molecule has 0 radical (unpaired) electrons. The monoisotopic (exact) mass is 302 g/mol. The molecule has 0 spiro atoms. The lowest BCUT2D eigenvalue weighted by molar-refractivity contribution is -0.152. The fourth-order valence-corrected chi connectivity index (χ4v) is 3.82. The molecule has 0 bridgehead atoms. The standard InChI is InChI=1S/C18H26N2O2/c1-2-11-21-15-18-7-3-12-22-17(18)6-10-20(14-18)13-16-4-8-19-9-5-16/h2,4-5,8-9,17H,1,3,6-7,10-15H2/t17-,18-/m1/s1. The van der Waals surface area contributed by atoms with Crippen LogP contribution in [0.4, 0.5) is 0 Å². The van der Waals surface area contributed by atoms with Gasteiger partial charge >= 0.3 is 0 Å². The normalized spacial score (nSPS) is 29.0. The lowest BCUT2D eigenvalue weighted by atomic mass is 9.73. The van der Waals surface area contributed by atoms with Crippen LogP contribution in [0.1, 0.15) is 24.8 Å². The predicted molar refractivity (Wildman–Crippen MR) is 86.6 cm³/mol. The quantitative estimate of drug-likeness (QED) is 0.598. The van der Waals surface area contributed by atoms with Gasteiger partial charge in [-0.2, -0.15) is 0 Å². The number of hydrogen-bond acceptors (Lipinski definition) is 4. The van der Waals surface area contributed by atoms with Gasteiger partial charge in [-0.15, -0.1) is 6.58 Å². The fourth-order valence-electron chi connectivity index (χ4n) is 3.82. The molecular formula is C18H26N2O2. The third-order valence-corrected chi connectivity index (χ3v) is 4.85. The highest BCUT2D eigenvalue weighted by atomic mass is 16.5. The zero-order chi connectivity index (χ0) is 15.3. The molecule has 2 aliphatic rings. The molecule has 0 unspecified atom stereocenters. The third kappa shape index (κ3) is 3.57. The molecule has 3 rings (SSSR count). The number of aromatic nitrogens is 1. The van der Waals surface area contributed by atoms with Gasteiger partial charge in [-0.1, -0.05) is 6.08 Å². The summed E-state index contributed by atoms with van der Waals surface area (Å²) < 4.78 is 11.9. The van der Waals surface area contributed by atoms with E-state index in [1.807, 2.05) is 18.5 Å². The lowest BCUT2D eigenvalue weighted by Gasteiger charge is -2.50. The van der Waals surface area contributed by atoms with Gasteiger partial charge in [-0.25, -0.2) is 0 Å². The Balaban J connectivity index is 1.67. The highest BCUT2D eigenvalue weighted by Crippen LogP contribution is 2.40. The average molecular weight is 302 g/mol. The fraction of sp³-hybridized carbons (Fsp3) is 0.611. The molecule has 2 aliphatic heterocycles. The molecule has 4 nitrogen and oxygen atoms in total. The van der Waals surface area contributed by atoms with Crippen molar-refractivity contribution in [1.29, 1.82) is 0 Å². The second kappa shape index (κ2) is 7.36. The van der Waals surface area contributed by atoms with Gasteiger partial charge < -0.3 is 9.47 Å². The predicted octanol–water partition coefficient (Wildman–Crippen LogP) is 2.66. The number of nitrogens with zero attached hydrogens (tertiary/aromatic N) is 2. The molecule has 4 heteroatoms. The van der Waals surface area contributed by atoms with E-state index >= 15 is 0 Å². The Morgan fingerprint density at radius 3 is 3.14 bits per heavy atom. The molecule has 0 N–H and O–H groups in total. The largest absolute Gasteiger partial charge is 0.377 e. The molecule has 0 aliphatic carbocycles. The van der Waals surface area contributed by atoms with Gasteiger partial charge in [0.25, 0.3) is 0 Å². The molecule has 0 aromatic carbocycles. The zero-order valence-electron chi connectivity index (χ0n) is 13.2. The van der Waals surface area contributed by atoms with E-state index in [2.05, 4.69) is 28.6 Å². The minimum Gasteiger partial charge on any atom is -0.377 e. The average Bonchev–Trinajstić information content (AvgIpc) is 2.56. The van der Waals surface area contributed by atoms with Gasteiger partial charge in [0.05, 0.1) is 19.3 Å². The van der Waals surface area contributed by atoms with Crippen LogP contribution in [-0.4, -0.2) is 48.9 Å². The van der Waals surface area contributed by atoms with E-state index < -0.39 is 0 Å². The van der Waals surface area contributed by atoms with Crippen LogP contribution < -0.4 is 0 Å².